The molecule has 0 fully saturated rings. The third kappa shape index (κ3) is 4.84. The Morgan fingerprint density at radius 3 is 2.50 bits per heavy atom. The minimum absolute atomic E-state index is 0.104. The maximum absolute atomic E-state index is 11.8. The van der Waals surface area contributed by atoms with E-state index in [9.17, 15) is 8.42 Å². The minimum Gasteiger partial charge on any atom is -0.383 e. The molecule has 98 valence electrons. The average Bonchev–Trinajstić information content (AvgIpc) is 2.29. The van der Waals surface area contributed by atoms with Crippen LogP contribution in [0, 0.1) is 11.3 Å². The third-order valence-corrected chi connectivity index (χ3v) is 3.71. The van der Waals surface area contributed by atoms with Crippen molar-refractivity contribution in [1.82, 2.24) is 4.72 Å². The van der Waals surface area contributed by atoms with E-state index in [1.54, 1.807) is 31.2 Å². The molecule has 0 aliphatic carbocycles. The van der Waals surface area contributed by atoms with Gasteiger partial charge >= 0.3 is 0 Å². The largest absolute Gasteiger partial charge is 0.383 e. The molecule has 0 heterocycles. The first-order chi connectivity index (χ1) is 8.46. The van der Waals surface area contributed by atoms with E-state index in [0.29, 0.717) is 17.7 Å². The van der Waals surface area contributed by atoms with Crippen molar-refractivity contribution in [2.75, 3.05) is 13.7 Å². The van der Waals surface area contributed by atoms with E-state index in [-0.39, 0.29) is 11.8 Å². The van der Waals surface area contributed by atoms with Crippen LogP contribution in [0.5, 0.6) is 0 Å². The summed E-state index contributed by atoms with van der Waals surface area (Å²) in [5.74, 6) is -0.104. The van der Waals surface area contributed by atoms with Crippen LogP contribution in [-0.4, -0.2) is 28.2 Å². The highest BCUT2D eigenvalue weighted by atomic mass is 32.2. The Morgan fingerprint density at radius 1 is 1.39 bits per heavy atom. The van der Waals surface area contributed by atoms with Gasteiger partial charge in [0, 0.05) is 13.2 Å². The molecule has 0 radical (unpaired) electrons. The Balaban J connectivity index is 2.67. The summed E-state index contributed by atoms with van der Waals surface area (Å²) in [6.45, 7) is 2.06. The van der Waals surface area contributed by atoms with Gasteiger partial charge in [0.15, 0.2) is 0 Å². The summed E-state index contributed by atoms with van der Waals surface area (Å²) in [6, 6.07) is 8.20. The summed E-state index contributed by atoms with van der Waals surface area (Å²) in [5.41, 5.74) is 1.16. The van der Waals surface area contributed by atoms with Crippen LogP contribution >= 0.6 is 0 Å². The zero-order valence-electron chi connectivity index (χ0n) is 10.4. The van der Waals surface area contributed by atoms with E-state index in [2.05, 4.69) is 4.72 Å². The number of nitriles is 1. The number of sulfonamides is 1. The van der Waals surface area contributed by atoms with E-state index < -0.39 is 10.0 Å². The van der Waals surface area contributed by atoms with Gasteiger partial charge < -0.3 is 4.74 Å². The van der Waals surface area contributed by atoms with Gasteiger partial charge in [-0.1, -0.05) is 12.1 Å². The van der Waals surface area contributed by atoms with Gasteiger partial charge in [-0.2, -0.15) is 5.26 Å². The standard InChI is InChI=1S/C12H16N2O3S/c1-10(8-17-2)14-18(15,16)9-12-5-3-11(7-13)4-6-12/h3-6,10,14H,8-9H2,1-2H3. The molecule has 1 N–H and O–H groups in total. The predicted molar refractivity (Wildman–Crippen MR) is 68.3 cm³/mol. The lowest BCUT2D eigenvalue weighted by atomic mass is 10.2. The number of nitrogens with one attached hydrogen (secondary N) is 1. The van der Waals surface area contributed by atoms with E-state index in [0.717, 1.165) is 0 Å². The van der Waals surface area contributed by atoms with E-state index in [1.165, 1.54) is 7.11 Å². The first-order valence-corrected chi connectivity index (χ1v) is 7.10. The van der Waals surface area contributed by atoms with Gasteiger partial charge in [-0.15, -0.1) is 0 Å². The van der Waals surface area contributed by atoms with Crippen LogP contribution in [0.15, 0.2) is 24.3 Å². The fourth-order valence-corrected chi connectivity index (χ4v) is 2.92. The number of rotatable bonds is 6. The number of ether oxygens (including phenoxy) is 1. The minimum atomic E-state index is -3.39. The van der Waals surface area contributed by atoms with E-state index in [1.807, 2.05) is 6.07 Å². The molecular formula is C12H16N2O3S. The van der Waals surface area contributed by atoms with Crippen molar-refractivity contribution in [3.63, 3.8) is 0 Å². The quantitative estimate of drug-likeness (QED) is 0.835. The predicted octanol–water partition coefficient (Wildman–Crippen LogP) is 1.01. The summed E-state index contributed by atoms with van der Waals surface area (Å²) in [5, 5.41) is 8.64. The fraction of sp³-hybridized carbons (Fsp3) is 0.417. The SMILES string of the molecule is COCC(C)NS(=O)(=O)Cc1ccc(C#N)cc1. The van der Waals surface area contributed by atoms with Crippen LogP contribution in [0.3, 0.4) is 0 Å². The topological polar surface area (TPSA) is 79.2 Å². The highest BCUT2D eigenvalue weighted by Gasteiger charge is 2.15. The summed E-state index contributed by atoms with van der Waals surface area (Å²) in [6.07, 6.45) is 0. The first kappa shape index (κ1) is 14.6. The van der Waals surface area contributed by atoms with Crippen LogP contribution in [0.2, 0.25) is 0 Å². The Hall–Kier alpha value is -1.42. The van der Waals surface area contributed by atoms with Crippen LogP contribution in [0.1, 0.15) is 18.1 Å². The maximum atomic E-state index is 11.8. The summed E-state index contributed by atoms with van der Waals surface area (Å²) >= 11 is 0. The monoisotopic (exact) mass is 268 g/mol. The molecular weight excluding hydrogens is 252 g/mol. The molecule has 1 unspecified atom stereocenters. The van der Waals surface area contributed by atoms with Crippen LogP contribution in [-0.2, 0) is 20.5 Å². The summed E-state index contributed by atoms with van der Waals surface area (Å²) in [4.78, 5) is 0. The van der Waals surface area contributed by atoms with Gasteiger partial charge in [-0.3, -0.25) is 0 Å². The van der Waals surface area contributed by atoms with Crippen LogP contribution in [0.25, 0.3) is 0 Å². The Kier molecular flexibility index (Phi) is 5.28. The average molecular weight is 268 g/mol. The van der Waals surface area contributed by atoms with Gasteiger partial charge in [0.2, 0.25) is 10.0 Å². The lowest BCUT2D eigenvalue weighted by Gasteiger charge is -2.13. The second-order valence-corrected chi connectivity index (χ2v) is 5.80. The molecule has 0 amide bonds. The van der Waals surface area contributed by atoms with Gasteiger partial charge in [0.25, 0.3) is 0 Å². The van der Waals surface area contributed by atoms with Crippen molar-refractivity contribution < 1.29 is 13.2 Å². The Bertz CT molecular complexity index is 517. The van der Waals surface area contributed by atoms with Crippen molar-refractivity contribution in [3.05, 3.63) is 35.4 Å². The van der Waals surface area contributed by atoms with Crippen molar-refractivity contribution >= 4 is 10.0 Å². The number of nitrogens with zero attached hydrogens (tertiary/aromatic N) is 1. The first-order valence-electron chi connectivity index (χ1n) is 5.45. The highest BCUT2D eigenvalue weighted by Crippen LogP contribution is 2.07. The molecule has 0 saturated heterocycles. The number of hydrogen-bond donors (Lipinski definition) is 1. The molecule has 0 spiro atoms. The zero-order chi connectivity index (χ0) is 13.6. The molecule has 0 aliphatic rings. The summed E-state index contributed by atoms with van der Waals surface area (Å²) in [7, 11) is -1.87. The second-order valence-electron chi connectivity index (χ2n) is 4.04. The van der Waals surface area contributed by atoms with Crippen molar-refractivity contribution in [2.24, 2.45) is 0 Å². The number of methoxy groups -OCH3 is 1. The van der Waals surface area contributed by atoms with E-state index >= 15 is 0 Å². The molecule has 0 saturated carbocycles. The molecule has 0 aromatic heterocycles. The maximum Gasteiger partial charge on any atom is 0.216 e. The van der Waals surface area contributed by atoms with Crippen molar-refractivity contribution in [2.45, 2.75) is 18.7 Å². The van der Waals surface area contributed by atoms with Gasteiger partial charge in [0.1, 0.15) is 0 Å². The molecule has 0 bridgehead atoms. The Morgan fingerprint density at radius 2 is 2.00 bits per heavy atom. The van der Waals surface area contributed by atoms with Crippen LogP contribution < -0.4 is 4.72 Å². The number of benzene rings is 1. The van der Waals surface area contributed by atoms with Crippen molar-refractivity contribution in [3.8, 4) is 6.07 Å². The van der Waals surface area contributed by atoms with Gasteiger partial charge in [-0.05, 0) is 24.6 Å². The van der Waals surface area contributed by atoms with Gasteiger partial charge in [-0.25, -0.2) is 13.1 Å². The lowest BCUT2D eigenvalue weighted by molar-refractivity contribution is 0.180. The van der Waals surface area contributed by atoms with Gasteiger partial charge in [0.05, 0.1) is 24.0 Å². The molecule has 5 nitrogen and oxygen atoms in total. The molecule has 18 heavy (non-hydrogen) atoms. The molecule has 6 heteroatoms. The van der Waals surface area contributed by atoms with Crippen LogP contribution in [0.4, 0.5) is 0 Å². The second kappa shape index (κ2) is 6.50. The molecule has 1 aromatic carbocycles. The molecule has 1 aromatic rings. The van der Waals surface area contributed by atoms with E-state index in [4.69, 9.17) is 10.00 Å². The summed E-state index contributed by atoms with van der Waals surface area (Å²) < 4.78 is 31.0. The molecule has 1 rings (SSSR count). The number of hydrogen-bond acceptors (Lipinski definition) is 4. The molecule has 1 atom stereocenters. The molecule has 0 aliphatic heterocycles. The fourth-order valence-electron chi connectivity index (χ4n) is 1.53. The lowest BCUT2D eigenvalue weighted by Crippen LogP contribution is -2.36. The zero-order valence-corrected chi connectivity index (χ0v) is 11.2. The van der Waals surface area contributed by atoms with Crippen molar-refractivity contribution in [1.29, 1.82) is 5.26 Å². The highest BCUT2D eigenvalue weighted by molar-refractivity contribution is 7.88. The Labute approximate surface area is 107 Å². The normalized spacial score (nSPS) is 12.9. The smallest absolute Gasteiger partial charge is 0.216 e. The third-order valence-electron chi connectivity index (χ3n) is 2.24.